The second-order valence-corrected chi connectivity index (χ2v) is 4.32. The normalized spacial score (nSPS) is 14.6. The van der Waals surface area contributed by atoms with E-state index in [1.807, 2.05) is 36.4 Å². The number of carbonyl (C=O) groups excluding carboxylic acids is 1. The van der Waals surface area contributed by atoms with Gasteiger partial charge in [0.05, 0.1) is 6.26 Å². The van der Waals surface area contributed by atoms with Crippen molar-refractivity contribution in [1.29, 1.82) is 0 Å². The van der Waals surface area contributed by atoms with Crippen LogP contribution in [-0.2, 0) is 4.79 Å². The van der Waals surface area contributed by atoms with Crippen LogP contribution >= 0.6 is 0 Å². The van der Waals surface area contributed by atoms with Gasteiger partial charge in [-0.2, -0.15) is 0 Å². The van der Waals surface area contributed by atoms with Crippen LogP contribution in [0, 0.1) is 5.92 Å². The molecule has 0 bridgehead atoms. The number of rotatable bonds is 3. The fourth-order valence-electron chi connectivity index (χ4n) is 1.75. The van der Waals surface area contributed by atoms with Crippen molar-refractivity contribution in [3.8, 4) is 11.3 Å². The first kappa shape index (κ1) is 10.1. The summed E-state index contributed by atoms with van der Waals surface area (Å²) in [6.07, 6.45) is 3.70. The van der Waals surface area contributed by atoms with Crippen LogP contribution in [0.15, 0.2) is 47.1 Å². The molecule has 3 heteroatoms. The highest BCUT2D eigenvalue weighted by Gasteiger charge is 2.29. The lowest BCUT2D eigenvalue weighted by Gasteiger charge is -2.04. The average Bonchev–Trinajstić information content (AvgIpc) is 3.07. The minimum Gasteiger partial charge on any atom is -0.464 e. The van der Waals surface area contributed by atoms with Crippen molar-refractivity contribution in [2.45, 2.75) is 12.8 Å². The van der Waals surface area contributed by atoms with Crippen LogP contribution < -0.4 is 5.32 Å². The van der Waals surface area contributed by atoms with Crippen LogP contribution in [0.3, 0.4) is 0 Å². The third-order valence-corrected chi connectivity index (χ3v) is 2.91. The standard InChI is InChI=1S/C14H13NO2/c16-14(11-3-4-11)15-12-7-5-10(6-8-12)13-2-1-9-17-13/h1-2,5-9,11H,3-4H2,(H,15,16). The molecule has 0 aliphatic heterocycles. The average molecular weight is 227 g/mol. The van der Waals surface area contributed by atoms with Gasteiger partial charge in [-0.1, -0.05) is 0 Å². The Hall–Kier alpha value is -2.03. The van der Waals surface area contributed by atoms with Gasteiger partial charge in [-0.25, -0.2) is 0 Å². The van der Waals surface area contributed by atoms with E-state index in [4.69, 9.17) is 4.42 Å². The maximum atomic E-state index is 11.6. The van der Waals surface area contributed by atoms with E-state index in [0.29, 0.717) is 0 Å². The summed E-state index contributed by atoms with van der Waals surface area (Å²) in [6.45, 7) is 0. The molecule has 0 unspecified atom stereocenters. The van der Waals surface area contributed by atoms with E-state index in [9.17, 15) is 4.79 Å². The smallest absolute Gasteiger partial charge is 0.227 e. The van der Waals surface area contributed by atoms with Crippen molar-refractivity contribution < 1.29 is 9.21 Å². The predicted octanol–water partition coefficient (Wildman–Crippen LogP) is 3.30. The van der Waals surface area contributed by atoms with Gasteiger partial charge in [0.15, 0.2) is 0 Å². The molecule has 1 amide bonds. The molecule has 0 spiro atoms. The Morgan fingerprint density at radius 2 is 1.94 bits per heavy atom. The minimum absolute atomic E-state index is 0.135. The zero-order valence-corrected chi connectivity index (χ0v) is 9.35. The monoisotopic (exact) mass is 227 g/mol. The zero-order chi connectivity index (χ0) is 11.7. The van der Waals surface area contributed by atoms with Crippen LogP contribution in [0.4, 0.5) is 5.69 Å². The molecule has 1 aromatic heterocycles. The van der Waals surface area contributed by atoms with Crippen molar-refractivity contribution in [1.82, 2.24) is 0 Å². The number of hydrogen-bond acceptors (Lipinski definition) is 2. The summed E-state index contributed by atoms with van der Waals surface area (Å²) in [7, 11) is 0. The first-order valence-corrected chi connectivity index (χ1v) is 5.78. The Kier molecular flexibility index (Phi) is 2.44. The summed E-state index contributed by atoms with van der Waals surface area (Å²) in [5.41, 5.74) is 1.86. The molecule has 1 saturated carbocycles. The van der Waals surface area contributed by atoms with E-state index < -0.39 is 0 Å². The lowest BCUT2D eigenvalue weighted by Crippen LogP contribution is -2.12. The van der Waals surface area contributed by atoms with Gasteiger partial charge in [0, 0.05) is 17.2 Å². The van der Waals surface area contributed by atoms with Crippen LogP contribution in [0.25, 0.3) is 11.3 Å². The van der Waals surface area contributed by atoms with E-state index in [0.717, 1.165) is 29.9 Å². The molecule has 0 radical (unpaired) electrons. The fraction of sp³-hybridized carbons (Fsp3) is 0.214. The molecule has 3 rings (SSSR count). The fourth-order valence-corrected chi connectivity index (χ4v) is 1.75. The number of amides is 1. The van der Waals surface area contributed by atoms with Crippen molar-refractivity contribution in [2.75, 3.05) is 5.32 Å². The van der Waals surface area contributed by atoms with Crippen LogP contribution in [0.2, 0.25) is 0 Å². The molecular formula is C14H13NO2. The maximum absolute atomic E-state index is 11.6. The van der Waals surface area contributed by atoms with Gasteiger partial charge >= 0.3 is 0 Å². The third-order valence-electron chi connectivity index (χ3n) is 2.91. The van der Waals surface area contributed by atoms with E-state index in [2.05, 4.69) is 5.32 Å². The molecule has 0 atom stereocenters. The summed E-state index contributed by atoms with van der Waals surface area (Å²) in [5, 5.41) is 2.91. The quantitative estimate of drug-likeness (QED) is 0.874. The summed E-state index contributed by atoms with van der Waals surface area (Å²) >= 11 is 0. The van der Waals surface area contributed by atoms with Gasteiger partial charge in [-0.3, -0.25) is 4.79 Å². The zero-order valence-electron chi connectivity index (χ0n) is 9.35. The van der Waals surface area contributed by atoms with E-state index in [1.165, 1.54) is 0 Å². The molecule has 1 N–H and O–H groups in total. The predicted molar refractivity (Wildman–Crippen MR) is 65.5 cm³/mol. The lowest BCUT2D eigenvalue weighted by atomic mass is 10.1. The topological polar surface area (TPSA) is 42.2 Å². The van der Waals surface area contributed by atoms with Crippen molar-refractivity contribution in [3.05, 3.63) is 42.7 Å². The number of hydrogen-bond donors (Lipinski definition) is 1. The van der Waals surface area contributed by atoms with Gasteiger partial charge in [-0.05, 0) is 49.2 Å². The Labute approximate surface area is 99.4 Å². The van der Waals surface area contributed by atoms with Crippen molar-refractivity contribution in [2.24, 2.45) is 5.92 Å². The van der Waals surface area contributed by atoms with E-state index >= 15 is 0 Å². The van der Waals surface area contributed by atoms with Crippen molar-refractivity contribution >= 4 is 11.6 Å². The summed E-state index contributed by atoms with van der Waals surface area (Å²) < 4.78 is 5.30. The maximum Gasteiger partial charge on any atom is 0.227 e. The second-order valence-electron chi connectivity index (χ2n) is 4.32. The Balaban J connectivity index is 1.73. The lowest BCUT2D eigenvalue weighted by molar-refractivity contribution is -0.117. The van der Waals surface area contributed by atoms with Gasteiger partial charge in [0.1, 0.15) is 5.76 Å². The van der Waals surface area contributed by atoms with Gasteiger partial charge in [0.25, 0.3) is 0 Å². The number of anilines is 1. The highest BCUT2D eigenvalue weighted by Crippen LogP contribution is 2.30. The van der Waals surface area contributed by atoms with Gasteiger partial charge in [0.2, 0.25) is 5.91 Å². The Bertz CT molecular complexity index is 510. The summed E-state index contributed by atoms with van der Waals surface area (Å²) in [4.78, 5) is 11.6. The highest BCUT2D eigenvalue weighted by atomic mass is 16.3. The van der Waals surface area contributed by atoms with E-state index in [1.54, 1.807) is 6.26 Å². The first-order valence-electron chi connectivity index (χ1n) is 5.78. The third kappa shape index (κ3) is 2.23. The number of furan rings is 1. The SMILES string of the molecule is O=C(Nc1ccc(-c2ccco2)cc1)C1CC1. The first-order chi connectivity index (χ1) is 8.33. The molecule has 3 nitrogen and oxygen atoms in total. The molecule has 1 heterocycles. The van der Waals surface area contributed by atoms with Crippen LogP contribution in [0.5, 0.6) is 0 Å². The Morgan fingerprint density at radius 1 is 1.18 bits per heavy atom. The molecule has 1 aliphatic rings. The van der Waals surface area contributed by atoms with Crippen LogP contribution in [-0.4, -0.2) is 5.91 Å². The minimum atomic E-state index is 0.135. The van der Waals surface area contributed by atoms with Crippen LogP contribution in [0.1, 0.15) is 12.8 Å². The van der Waals surface area contributed by atoms with Gasteiger partial charge < -0.3 is 9.73 Å². The van der Waals surface area contributed by atoms with Gasteiger partial charge in [-0.15, -0.1) is 0 Å². The number of benzene rings is 1. The summed E-state index contributed by atoms with van der Waals surface area (Å²) in [6, 6.07) is 11.5. The molecule has 1 aromatic carbocycles. The largest absolute Gasteiger partial charge is 0.464 e. The number of carbonyl (C=O) groups is 1. The molecule has 17 heavy (non-hydrogen) atoms. The molecule has 2 aromatic rings. The molecule has 0 saturated heterocycles. The van der Waals surface area contributed by atoms with Crippen molar-refractivity contribution in [3.63, 3.8) is 0 Å². The van der Waals surface area contributed by atoms with E-state index in [-0.39, 0.29) is 11.8 Å². The molecular weight excluding hydrogens is 214 g/mol. The molecule has 86 valence electrons. The number of nitrogens with one attached hydrogen (secondary N) is 1. The second kappa shape index (κ2) is 4.09. The Morgan fingerprint density at radius 3 is 2.53 bits per heavy atom. The summed E-state index contributed by atoms with van der Waals surface area (Å²) in [5.74, 6) is 1.21. The molecule has 1 aliphatic carbocycles. The highest BCUT2D eigenvalue weighted by molar-refractivity contribution is 5.94. The molecule has 1 fully saturated rings.